The fraction of sp³-hybridized carbons (Fsp3) is 0.438. The molecule has 1 unspecified atom stereocenters. The van der Waals surface area contributed by atoms with E-state index in [1.54, 1.807) is 0 Å². The summed E-state index contributed by atoms with van der Waals surface area (Å²) in [6.07, 6.45) is -0.121. The minimum Gasteiger partial charge on any atom is -0.496 e. The number of aliphatic imine (C=N–C) groups is 1. The summed E-state index contributed by atoms with van der Waals surface area (Å²) in [6, 6.07) is 4.14. The van der Waals surface area contributed by atoms with Crippen LogP contribution < -0.4 is 10.1 Å². The summed E-state index contributed by atoms with van der Waals surface area (Å²) in [5, 5.41) is 13.6. The van der Waals surface area contributed by atoms with Gasteiger partial charge < -0.3 is 19.7 Å². The number of methoxy groups -OCH3 is 1. The Morgan fingerprint density at radius 2 is 2.22 bits per heavy atom. The van der Waals surface area contributed by atoms with Gasteiger partial charge in [-0.2, -0.15) is 4.99 Å². The quantitative estimate of drug-likeness (QED) is 0.585. The van der Waals surface area contributed by atoms with E-state index in [0.717, 1.165) is 0 Å². The molecule has 1 saturated heterocycles. The lowest BCUT2D eigenvalue weighted by atomic mass is 10.2. The van der Waals surface area contributed by atoms with E-state index in [1.165, 1.54) is 37.1 Å². The monoisotopic (exact) mass is 394 g/mol. The molecular weight excluding hydrogens is 376 g/mol. The van der Waals surface area contributed by atoms with E-state index in [-0.39, 0.29) is 23.7 Å². The van der Waals surface area contributed by atoms with E-state index in [4.69, 9.17) is 9.47 Å². The smallest absolute Gasteiger partial charge is 0.296 e. The molecule has 1 N–H and O–H groups in total. The summed E-state index contributed by atoms with van der Waals surface area (Å²) >= 11 is 1.24. The molecule has 0 saturated carbocycles. The topological polar surface area (TPSA) is 123 Å². The molecule has 0 radical (unpaired) electrons. The second-order valence-electron chi connectivity index (χ2n) is 5.83. The summed E-state index contributed by atoms with van der Waals surface area (Å²) in [5.41, 5.74) is -0.228. The molecule has 0 aromatic heterocycles. The van der Waals surface area contributed by atoms with Gasteiger partial charge in [0.05, 0.1) is 31.3 Å². The Bertz CT molecular complexity index is 793. The molecule has 0 bridgehead atoms. The maximum atomic E-state index is 12.3. The summed E-state index contributed by atoms with van der Waals surface area (Å²) < 4.78 is 10.2. The van der Waals surface area contributed by atoms with Crippen molar-refractivity contribution in [3.63, 3.8) is 0 Å². The zero-order valence-corrected chi connectivity index (χ0v) is 15.4. The molecule has 2 heterocycles. The number of ether oxygens (including phenoxy) is 2. The first-order valence-corrected chi connectivity index (χ1v) is 9.10. The highest BCUT2D eigenvalue weighted by molar-refractivity contribution is 8.15. The van der Waals surface area contributed by atoms with Gasteiger partial charge >= 0.3 is 0 Å². The minimum absolute atomic E-state index is 0.0515. The first-order valence-electron chi connectivity index (χ1n) is 8.22. The van der Waals surface area contributed by atoms with Gasteiger partial charge in [-0.15, -0.1) is 0 Å². The number of nitro groups is 1. The van der Waals surface area contributed by atoms with Gasteiger partial charge in [0.15, 0.2) is 5.17 Å². The van der Waals surface area contributed by atoms with Crippen molar-refractivity contribution in [1.82, 2.24) is 4.90 Å². The Morgan fingerprint density at radius 1 is 1.48 bits per heavy atom. The minimum atomic E-state index is -0.639. The van der Waals surface area contributed by atoms with Crippen LogP contribution in [0.3, 0.4) is 0 Å². The van der Waals surface area contributed by atoms with E-state index in [1.807, 2.05) is 4.90 Å². The second kappa shape index (κ2) is 8.35. The number of benzene rings is 1. The Hall–Kier alpha value is -2.66. The number of nitrogens with zero attached hydrogens (tertiary/aromatic N) is 3. The Morgan fingerprint density at radius 3 is 2.89 bits per heavy atom. The van der Waals surface area contributed by atoms with Crippen molar-refractivity contribution in [3.05, 3.63) is 28.3 Å². The number of hydrogen-bond donors (Lipinski definition) is 1. The third-order valence-corrected chi connectivity index (χ3v) is 5.27. The number of anilines is 1. The average Bonchev–Trinajstić information content (AvgIpc) is 3.03. The largest absolute Gasteiger partial charge is 0.496 e. The third kappa shape index (κ3) is 4.55. The Kier molecular flexibility index (Phi) is 5.91. The summed E-state index contributed by atoms with van der Waals surface area (Å²) in [4.78, 5) is 41.0. The number of nitrogens with one attached hydrogen (secondary N) is 1. The molecule has 3 rings (SSSR count). The van der Waals surface area contributed by atoms with Crippen molar-refractivity contribution < 1.29 is 24.0 Å². The van der Waals surface area contributed by atoms with E-state index in [0.29, 0.717) is 37.2 Å². The van der Waals surface area contributed by atoms with E-state index in [9.17, 15) is 19.7 Å². The van der Waals surface area contributed by atoms with Gasteiger partial charge in [0, 0.05) is 19.5 Å². The molecule has 27 heavy (non-hydrogen) atoms. The predicted octanol–water partition coefficient (Wildman–Crippen LogP) is 1.26. The molecule has 1 atom stereocenters. The maximum absolute atomic E-state index is 12.3. The Balaban J connectivity index is 1.62. The zero-order chi connectivity index (χ0) is 19.4. The lowest BCUT2D eigenvalue weighted by Gasteiger charge is -2.27. The number of carbonyl (C=O) groups excluding carboxylic acids is 2. The Labute approximate surface area is 159 Å². The van der Waals surface area contributed by atoms with Crippen LogP contribution in [-0.2, 0) is 14.3 Å². The highest BCUT2D eigenvalue weighted by Crippen LogP contribution is 2.31. The van der Waals surface area contributed by atoms with Gasteiger partial charge in [0.25, 0.3) is 11.6 Å². The standard InChI is InChI=1S/C16H18N4O6S/c1-25-10-2-3-11(12(8-10)20(23)24)17-14(21)9-13-15(22)18-16(27-13)19-4-6-26-7-5-19/h2-3,8,13H,4-7,9H2,1H3,(H,17,21). The first kappa shape index (κ1) is 19.1. The second-order valence-corrected chi connectivity index (χ2v) is 7.00. The van der Waals surface area contributed by atoms with Gasteiger partial charge in [0.2, 0.25) is 5.91 Å². The van der Waals surface area contributed by atoms with Crippen LogP contribution in [0.2, 0.25) is 0 Å². The molecular formula is C16H18N4O6S. The third-order valence-electron chi connectivity index (χ3n) is 4.06. The first-order chi connectivity index (χ1) is 13.0. The number of nitro benzene ring substituents is 1. The van der Waals surface area contributed by atoms with Crippen LogP contribution in [0.1, 0.15) is 6.42 Å². The maximum Gasteiger partial charge on any atom is 0.296 e. The molecule has 2 aliphatic rings. The van der Waals surface area contributed by atoms with Crippen molar-refractivity contribution in [2.45, 2.75) is 11.7 Å². The van der Waals surface area contributed by atoms with E-state index >= 15 is 0 Å². The van der Waals surface area contributed by atoms with E-state index in [2.05, 4.69) is 10.3 Å². The predicted molar refractivity (Wildman–Crippen MR) is 99.1 cm³/mol. The molecule has 0 spiro atoms. The molecule has 144 valence electrons. The molecule has 1 fully saturated rings. The summed E-state index contributed by atoms with van der Waals surface area (Å²) in [7, 11) is 1.40. The number of rotatable bonds is 5. The van der Waals surface area contributed by atoms with Gasteiger partial charge in [-0.1, -0.05) is 11.8 Å². The van der Waals surface area contributed by atoms with Crippen LogP contribution in [0.4, 0.5) is 11.4 Å². The van der Waals surface area contributed by atoms with Gasteiger partial charge in [-0.25, -0.2) is 0 Å². The normalized spacial score (nSPS) is 19.6. The molecule has 10 nitrogen and oxygen atoms in total. The fourth-order valence-corrected chi connectivity index (χ4v) is 3.78. The van der Waals surface area contributed by atoms with Crippen LogP contribution in [0.5, 0.6) is 5.75 Å². The van der Waals surface area contributed by atoms with Gasteiger partial charge in [-0.3, -0.25) is 19.7 Å². The number of amides is 2. The molecule has 2 amide bonds. The lowest BCUT2D eigenvalue weighted by Crippen LogP contribution is -2.39. The number of amidine groups is 1. The lowest BCUT2D eigenvalue weighted by molar-refractivity contribution is -0.384. The van der Waals surface area contributed by atoms with Crippen LogP contribution >= 0.6 is 11.8 Å². The van der Waals surface area contributed by atoms with Crippen LogP contribution in [0.15, 0.2) is 23.2 Å². The van der Waals surface area contributed by atoms with Gasteiger partial charge in [0.1, 0.15) is 16.7 Å². The van der Waals surface area contributed by atoms with Crippen LogP contribution in [-0.4, -0.2) is 65.5 Å². The highest BCUT2D eigenvalue weighted by Gasteiger charge is 2.33. The summed E-state index contributed by atoms with van der Waals surface area (Å²) in [5.74, 6) is -0.557. The summed E-state index contributed by atoms with van der Waals surface area (Å²) in [6.45, 7) is 2.44. The molecule has 0 aliphatic carbocycles. The SMILES string of the molecule is COc1ccc(NC(=O)CC2SC(N3CCOCC3)=NC2=O)c([N+](=O)[O-])c1. The van der Waals surface area contributed by atoms with E-state index < -0.39 is 16.1 Å². The number of morpholine rings is 1. The van der Waals surface area contributed by atoms with Crippen molar-refractivity contribution >= 4 is 40.1 Å². The molecule has 2 aliphatic heterocycles. The number of thioether (sulfide) groups is 1. The van der Waals surface area contributed by atoms with Crippen molar-refractivity contribution in [2.75, 3.05) is 38.7 Å². The van der Waals surface area contributed by atoms with Crippen molar-refractivity contribution in [2.24, 2.45) is 4.99 Å². The molecule has 11 heteroatoms. The van der Waals surface area contributed by atoms with Crippen LogP contribution in [0, 0.1) is 10.1 Å². The molecule has 1 aromatic rings. The number of hydrogen-bond acceptors (Lipinski definition) is 8. The highest BCUT2D eigenvalue weighted by atomic mass is 32.2. The fourth-order valence-electron chi connectivity index (χ4n) is 2.66. The number of carbonyl (C=O) groups is 2. The molecule has 1 aromatic carbocycles. The van der Waals surface area contributed by atoms with Crippen molar-refractivity contribution in [3.8, 4) is 5.75 Å². The average molecular weight is 394 g/mol. The zero-order valence-electron chi connectivity index (χ0n) is 14.5. The van der Waals surface area contributed by atoms with Gasteiger partial charge in [-0.05, 0) is 12.1 Å². The van der Waals surface area contributed by atoms with Crippen LogP contribution in [0.25, 0.3) is 0 Å². The van der Waals surface area contributed by atoms with Crippen molar-refractivity contribution in [1.29, 1.82) is 0 Å².